The van der Waals surface area contributed by atoms with Gasteiger partial charge < -0.3 is 14.8 Å². The summed E-state index contributed by atoms with van der Waals surface area (Å²) in [6.45, 7) is 1.34. The summed E-state index contributed by atoms with van der Waals surface area (Å²) in [7, 11) is 0. The number of hydrogen-bond donors (Lipinski definition) is 2. The summed E-state index contributed by atoms with van der Waals surface area (Å²) >= 11 is 0. The maximum atomic E-state index is 11.7. The molecule has 2 aromatic rings. The Morgan fingerprint density at radius 1 is 1.35 bits per heavy atom. The standard InChI is InChI=1S/C12H11NO4/c1-7-8-4-2-3-5-9(8)17-11(7)12(16)13-6-10(14)15/h2-5H,6H2,1H3,(H,13,16)(H,14,15). The second kappa shape index (κ2) is 4.29. The van der Waals surface area contributed by atoms with E-state index in [0.29, 0.717) is 11.1 Å². The van der Waals surface area contributed by atoms with E-state index in [-0.39, 0.29) is 5.76 Å². The number of carbonyl (C=O) groups is 2. The summed E-state index contributed by atoms with van der Waals surface area (Å²) in [6, 6.07) is 7.27. The molecule has 0 aliphatic carbocycles. The summed E-state index contributed by atoms with van der Waals surface area (Å²) in [5, 5.41) is 11.6. The van der Waals surface area contributed by atoms with Gasteiger partial charge in [-0.3, -0.25) is 9.59 Å². The summed E-state index contributed by atoms with van der Waals surface area (Å²) in [5.41, 5.74) is 1.33. The Bertz CT molecular complexity index is 585. The quantitative estimate of drug-likeness (QED) is 0.843. The van der Waals surface area contributed by atoms with Crippen LogP contribution >= 0.6 is 0 Å². The SMILES string of the molecule is Cc1c(C(=O)NCC(=O)O)oc2ccccc12. The number of carbonyl (C=O) groups excluding carboxylic acids is 1. The first-order chi connectivity index (χ1) is 8.09. The van der Waals surface area contributed by atoms with Crippen molar-refractivity contribution >= 4 is 22.8 Å². The molecule has 0 unspecified atom stereocenters. The lowest BCUT2D eigenvalue weighted by Gasteiger charge is -1.99. The summed E-state index contributed by atoms with van der Waals surface area (Å²) in [6.07, 6.45) is 0. The second-order valence-electron chi connectivity index (χ2n) is 3.63. The third-order valence-corrected chi connectivity index (χ3v) is 2.45. The second-order valence-corrected chi connectivity index (χ2v) is 3.63. The van der Waals surface area contributed by atoms with Gasteiger partial charge in [-0.2, -0.15) is 0 Å². The zero-order chi connectivity index (χ0) is 12.4. The van der Waals surface area contributed by atoms with E-state index in [1.807, 2.05) is 18.2 Å². The van der Waals surface area contributed by atoms with Crippen LogP contribution in [0.5, 0.6) is 0 Å². The predicted molar refractivity (Wildman–Crippen MR) is 60.9 cm³/mol. The van der Waals surface area contributed by atoms with E-state index in [9.17, 15) is 9.59 Å². The molecule has 0 aliphatic rings. The highest BCUT2D eigenvalue weighted by Crippen LogP contribution is 2.24. The van der Waals surface area contributed by atoms with Gasteiger partial charge in [0.1, 0.15) is 12.1 Å². The third kappa shape index (κ3) is 2.13. The highest BCUT2D eigenvalue weighted by Gasteiger charge is 2.17. The van der Waals surface area contributed by atoms with Crippen LogP contribution < -0.4 is 5.32 Å². The lowest BCUT2D eigenvalue weighted by molar-refractivity contribution is -0.135. The number of furan rings is 1. The first kappa shape index (κ1) is 11.2. The molecule has 2 rings (SSSR count). The summed E-state index contributed by atoms with van der Waals surface area (Å²) in [4.78, 5) is 22.0. The van der Waals surface area contributed by atoms with Crippen molar-refractivity contribution < 1.29 is 19.1 Å². The van der Waals surface area contributed by atoms with Crippen molar-refractivity contribution in [3.05, 3.63) is 35.6 Å². The molecule has 1 heterocycles. The van der Waals surface area contributed by atoms with Crippen molar-refractivity contribution in [1.29, 1.82) is 0 Å². The number of fused-ring (bicyclic) bond motifs is 1. The average molecular weight is 233 g/mol. The minimum absolute atomic E-state index is 0.160. The van der Waals surface area contributed by atoms with Crippen LogP contribution in [0.2, 0.25) is 0 Å². The monoisotopic (exact) mass is 233 g/mol. The zero-order valence-electron chi connectivity index (χ0n) is 9.19. The highest BCUT2D eigenvalue weighted by molar-refractivity contribution is 5.99. The molecule has 0 bridgehead atoms. The van der Waals surface area contributed by atoms with Gasteiger partial charge in [-0.15, -0.1) is 0 Å². The average Bonchev–Trinajstić information content (AvgIpc) is 2.64. The van der Waals surface area contributed by atoms with E-state index in [0.717, 1.165) is 5.39 Å². The number of hydrogen-bond acceptors (Lipinski definition) is 3. The molecule has 0 spiro atoms. The lowest BCUT2D eigenvalue weighted by atomic mass is 10.1. The Labute approximate surface area is 97.0 Å². The molecule has 1 amide bonds. The van der Waals surface area contributed by atoms with E-state index in [1.165, 1.54) is 0 Å². The number of carboxylic acids is 1. The van der Waals surface area contributed by atoms with Gasteiger partial charge in [0, 0.05) is 10.9 Å². The zero-order valence-corrected chi connectivity index (χ0v) is 9.19. The van der Waals surface area contributed by atoms with Gasteiger partial charge in [0.25, 0.3) is 5.91 Å². The van der Waals surface area contributed by atoms with Gasteiger partial charge in [0.05, 0.1) is 0 Å². The first-order valence-corrected chi connectivity index (χ1v) is 5.07. The number of carboxylic acid groups (broad SMARTS) is 1. The highest BCUT2D eigenvalue weighted by atomic mass is 16.4. The predicted octanol–water partition coefficient (Wildman–Crippen LogP) is 1.56. The Kier molecular flexibility index (Phi) is 2.82. The number of rotatable bonds is 3. The number of nitrogens with one attached hydrogen (secondary N) is 1. The van der Waals surface area contributed by atoms with Crippen LogP contribution in [-0.2, 0) is 4.79 Å². The van der Waals surface area contributed by atoms with E-state index in [4.69, 9.17) is 9.52 Å². The van der Waals surface area contributed by atoms with Crippen LogP contribution in [0.3, 0.4) is 0 Å². The maximum Gasteiger partial charge on any atom is 0.322 e. The summed E-state index contributed by atoms with van der Waals surface area (Å²) < 4.78 is 5.39. The van der Waals surface area contributed by atoms with Crippen molar-refractivity contribution in [1.82, 2.24) is 5.32 Å². The molecule has 0 atom stereocenters. The number of para-hydroxylation sites is 1. The fourth-order valence-electron chi connectivity index (χ4n) is 1.63. The van der Waals surface area contributed by atoms with Crippen LogP contribution in [0.1, 0.15) is 16.1 Å². The topological polar surface area (TPSA) is 79.5 Å². The number of aryl methyl sites for hydroxylation is 1. The van der Waals surface area contributed by atoms with Gasteiger partial charge in [-0.05, 0) is 13.0 Å². The van der Waals surface area contributed by atoms with Gasteiger partial charge >= 0.3 is 5.97 Å². The molecule has 0 radical (unpaired) electrons. The minimum atomic E-state index is -1.09. The maximum absolute atomic E-state index is 11.7. The third-order valence-electron chi connectivity index (χ3n) is 2.45. The first-order valence-electron chi connectivity index (χ1n) is 5.07. The molecular weight excluding hydrogens is 222 g/mol. The van der Waals surface area contributed by atoms with E-state index in [1.54, 1.807) is 13.0 Å². The van der Waals surface area contributed by atoms with Crippen LogP contribution in [0.25, 0.3) is 11.0 Å². The molecular formula is C12H11NO4. The molecule has 17 heavy (non-hydrogen) atoms. The molecule has 0 saturated carbocycles. The normalized spacial score (nSPS) is 10.4. The smallest absolute Gasteiger partial charge is 0.322 e. The fourth-order valence-corrected chi connectivity index (χ4v) is 1.63. The van der Waals surface area contributed by atoms with Gasteiger partial charge in [-0.1, -0.05) is 18.2 Å². The van der Waals surface area contributed by atoms with Crippen molar-refractivity contribution in [2.24, 2.45) is 0 Å². The number of benzene rings is 1. The van der Waals surface area contributed by atoms with E-state index in [2.05, 4.69) is 5.32 Å². The lowest BCUT2D eigenvalue weighted by Crippen LogP contribution is -2.29. The van der Waals surface area contributed by atoms with Crippen molar-refractivity contribution in [3.63, 3.8) is 0 Å². The molecule has 5 nitrogen and oxygen atoms in total. The minimum Gasteiger partial charge on any atom is -0.480 e. The Balaban J connectivity index is 2.32. The van der Waals surface area contributed by atoms with Gasteiger partial charge in [0.15, 0.2) is 5.76 Å². The Morgan fingerprint density at radius 2 is 2.06 bits per heavy atom. The molecule has 1 aromatic heterocycles. The van der Waals surface area contributed by atoms with Crippen LogP contribution in [0, 0.1) is 6.92 Å². The molecule has 0 aliphatic heterocycles. The summed E-state index contributed by atoms with van der Waals surface area (Å²) in [5.74, 6) is -1.44. The Morgan fingerprint density at radius 3 is 2.71 bits per heavy atom. The van der Waals surface area contributed by atoms with Crippen molar-refractivity contribution in [3.8, 4) is 0 Å². The molecule has 88 valence electrons. The molecule has 0 fully saturated rings. The van der Waals surface area contributed by atoms with E-state index >= 15 is 0 Å². The van der Waals surface area contributed by atoms with E-state index < -0.39 is 18.4 Å². The number of aliphatic carboxylic acids is 1. The van der Waals surface area contributed by atoms with Gasteiger partial charge in [-0.25, -0.2) is 0 Å². The van der Waals surface area contributed by atoms with Crippen LogP contribution in [-0.4, -0.2) is 23.5 Å². The van der Waals surface area contributed by atoms with Gasteiger partial charge in [0.2, 0.25) is 0 Å². The number of amides is 1. The molecule has 2 N–H and O–H groups in total. The Hall–Kier alpha value is -2.30. The fraction of sp³-hybridized carbons (Fsp3) is 0.167. The molecule has 0 saturated heterocycles. The van der Waals surface area contributed by atoms with Crippen molar-refractivity contribution in [2.45, 2.75) is 6.92 Å². The molecule has 5 heteroatoms. The molecule has 1 aromatic carbocycles. The largest absolute Gasteiger partial charge is 0.480 e. The van der Waals surface area contributed by atoms with Crippen LogP contribution in [0.15, 0.2) is 28.7 Å². The van der Waals surface area contributed by atoms with Crippen molar-refractivity contribution in [2.75, 3.05) is 6.54 Å². The van der Waals surface area contributed by atoms with Crippen LogP contribution in [0.4, 0.5) is 0 Å².